The Morgan fingerprint density at radius 1 is 0.844 bits per heavy atom. The molecule has 16 heteroatoms. The maximum atomic E-state index is 14.7. The lowest BCUT2D eigenvalue weighted by Crippen LogP contribution is -2.61. The molecule has 0 saturated carbocycles. The molecule has 1 saturated heterocycles. The van der Waals surface area contributed by atoms with Gasteiger partial charge in [0.05, 0.1) is 37.2 Å². The van der Waals surface area contributed by atoms with Gasteiger partial charge in [0.2, 0.25) is 5.91 Å². The average Bonchev–Trinajstić information content (AvgIpc) is 3.88. The number of pyridine rings is 2. The molecule has 0 unspecified atom stereocenters. The fraction of sp³-hybridized carbons (Fsp3) is 0.396. The number of hydrazine groups is 1. The van der Waals surface area contributed by atoms with Gasteiger partial charge in [-0.15, -0.1) is 11.3 Å². The second-order valence-corrected chi connectivity index (χ2v) is 19.0. The van der Waals surface area contributed by atoms with Gasteiger partial charge in [0, 0.05) is 61.3 Å². The van der Waals surface area contributed by atoms with Crippen molar-refractivity contribution in [3.63, 3.8) is 0 Å². The Kier molecular flexibility index (Phi) is 15.5. The van der Waals surface area contributed by atoms with E-state index in [0.29, 0.717) is 19.6 Å². The number of aromatic nitrogens is 3. The Morgan fingerprint density at radius 3 is 2.22 bits per heavy atom. The van der Waals surface area contributed by atoms with Crippen molar-refractivity contribution < 1.29 is 29.0 Å². The Balaban J connectivity index is 1.24. The van der Waals surface area contributed by atoms with E-state index >= 15 is 0 Å². The molecule has 0 spiro atoms. The molecule has 2 aromatic carbocycles. The normalized spacial score (nSPS) is 15.0. The van der Waals surface area contributed by atoms with Crippen LogP contribution in [0.2, 0.25) is 0 Å². The first-order chi connectivity index (χ1) is 30.5. The van der Waals surface area contributed by atoms with Gasteiger partial charge in [-0.05, 0) is 52.6 Å². The zero-order valence-electron chi connectivity index (χ0n) is 37.5. The molecule has 1 fully saturated rings. The van der Waals surface area contributed by atoms with E-state index in [1.165, 1.54) is 18.4 Å². The second kappa shape index (κ2) is 21.0. The number of hydrogen-bond donors (Lipinski definition) is 4. The lowest BCUT2D eigenvalue weighted by molar-refractivity contribution is -0.133. The molecule has 1 aliphatic heterocycles. The van der Waals surface area contributed by atoms with E-state index in [1.807, 2.05) is 132 Å². The van der Waals surface area contributed by atoms with E-state index in [4.69, 9.17) is 9.72 Å². The van der Waals surface area contributed by atoms with Gasteiger partial charge in [0.1, 0.15) is 17.1 Å². The Bertz CT molecular complexity index is 2320. The summed E-state index contributed by atoms with van der Waals surface area (Å²) in [6, 6.07) is 23.7. The number of methoxy groups -OCH3 is 1. The quantitative estimate of drug-likeness (QED) is 0.0773. The van der Waals surface area contributed by atoms with E-state index in [0.717, 1.165) is 38.6 Å². The van der Waals surface area contributed by atoms with Crippen molar-refractivity contribution in [2.24, 2.45) is 10.8 Å². The highest BCUT2D eigenvalue weighted by Crippen LogP contribution is 2.30. The third kappa shape index (κ3) is 12.5. The van der Waals surface area contributed by atoms with Gasteiger partial charge >= 0.3 is 12.1 Å². The van der Waals surface area contributed by atoms with Crippen molar-refractivity contribution >= 4 is 35.3 Å². The van der Waals surface area contributed by atoms with Crippen LogP contribution in [0.5, 0.6) is 0 Å². The summed E-state index contributed by atoms with van der Waals surface area (Å²) in [5.74, 6) is -0.930. The number of carbonyl (C=O) groups is 4. The van der Waals surface area contributed by atoms with Crippen molar-refractivity contribution in [2.75, 3.05) is 26.7 Å². The third-order valence-corrected chi connectivity index (χ3v) is 11.9. The number of benzene rings is 2. The number of aliphatic hydroxyl groups excluding tert-OH is 1. The van der Waals surface area contributed by atoms with Gasteiger partial charge in [0.15, 0.2) is 0 Å². The molecule has 4 atom stereocenters. The summed E-state index contributed by atoms with van der Waals surface area (Å²) in [5.41, 5.74) is 6.60. The summed E-state index contributed by atoms with van der Waals surface area (Å²) < 4.78 is 4.84. The number of alkyl carbamates (subject to hydrolysis) is 1. The number of hydrogen-bond acceptors (Lipinski definition) is 11. The van der Waals surface area contributed by atoms with E-state index in [2.05, 4.69) is 26.0 Å². The fourth-order valence-electron chi connectivity index (χ4n) is 7.71. The Labute approximate surface area is 379 Å². The van der Waals surface area contributed by atoms with Crippen LogP contribution in [-0.2, 0) is 33.8 Å². The van der Waals surface area contributed by atoms with Crippen LogP contribution >= 0.6 is 11.3 Å². The van der Waals surface area contributed by atoms with Crippen LogP contribution in [0.1, 0.15) is 58.4 Å². The van der Waals surface area contributed by atoms with E-state index < -0.39 is 53.0 Å². The minimum absolute atomic E-state index is 0.119. The van der Waals surface area contributed by atoms with Crippen molar-refractivity contribution in [3.8, 4) is 21.8 Å². The fourth-order valence-corrected chi connectivity index (χ4v) is 8.51. The predicted octanol–water partition coefficient (Wildman–Crippen LogP) is 6.31. The highest BCUT2D eigenvalue weighted by Gasteiger charge is 2.44. The van der Waals surface area contributed by atoms with Crippen molar-refractivity contribution in [1.82, 2.24) is 45.8 Å². The van der Waals surface area contributed by atoms with Crippen LogP contribution in [0.3, 0.4) is 0 Å². The predicted molar refractivity (Wildman–Crippen MR) is 246 cm³/mol. The number of urea groups is 1. The summed E-state index contributed by atoms with van der Waals surface area (Å²) >= 11 is 1.48. The number of thiazole rings is 1. The second-order valence-electron chi connectivity index (χ2n) is 18.1. The molecule has 15 nitrogen and oxygen atoms in total. The average molecular weight is 890 g/mol. The Morgan fingerprint density at radius 2 is 1.58 bits per heavy atom. The zero-order chi connectivity index (χ0) is 46.0. The van der Waals surface area contributed by atoms with Crippen LogP contribution in [0.4, 0.5) is 9.59 Å². The van der Waals surface area contributed by atoms with E-state index in [9.17, 15) is 24.3 Å². The van der Waals surface area contributed by atoms with E-state index in [-0.39, 0.29) is 25.5 Å². The van der Waals surface area contributed by atoms with Crippen molar-refractivity contribution in [1.29, 1.82) is 0 Å². The molecule has 6 rings (SSSR count). The summed E-state index contributed by atoms with van der Waals surface area (Å²) in [5, 5.41) is 22.4. The molecule has 0 aliphatic carbocycles. The summed E-state index contributed by atoms with van der Waals surface area (Å²) in [6.07, 6.45) is 3.45. The SMILES string of the molecule is COC(=O)N[C@H](C(=O)NN(Cc1ccc(-c2ccccn2)cc1)C[C@H](O)[C@H](Cc1ccccc1)NC(=O)[C@@H](N1CCN(Cc2csc(-c3cccnc3)n2)C1=O)C(C)(C)C)C(C)(C)C. The number of carbonyl (C=O) groups excluding carboxylic acids is 4. The highest BCUT2D eigenvalue weighted by atomic mass is 32.1. The maximum absolute atomic E-state index is 14.7. The molecule has 1 aliphatic rings. The molecule has 5 amide bonds. The zero-order valence-corrected chi connectivity index (χ0v) is 38.3. The molecule has 0 bridgehead atoms. The smallest absolute Gasteiger partial charge is 0.407 e. The number of aliphatic hydroxyl groups is 1. The first-order valence-corrected chi connectivity index (χ1v) is 22.2. The first-order valence-electron chi connectivity index (χ1n) is 21.3. The molecule has 4 heterocycles. The largest absolute Gasteiger partial charge is 0.453 e. The van der Waals surface area contributed by atoms with Crippen molar-refractivity contribution in [3.05, 3.63) is 126 Å². The first kappa shape index (κ1) is 47.3. The lowest BCUT2D eigenvalue weighted by atomic mass is 9.84. The standard InChI is InChI=1S/C48H59N9O6S/c1-47(2,3)40(53-45(61)63-7)42(59)54-56(28-33-18-20-34(21-19-33)37-17-11-12-23-50-37)30-39(58)38(26-32-14-9-8-10-15-32)52-43(60)41(48(4,5)6)57-25-24-55(46(57)62)29-36-31-64-44(51-36)35-16-13-22-49-27-35/h8-23,27,31,38-41,58H,24-26,28-30H2,1-7H3,(H,52,60)(H,53,61)(H,54,59)/t38-,39-,40+,41+/m0/s1. The van der Waals surface area contributed by atoms with Crippen LogP contribution in [-0.4, -0.2) is 110 Å². The molecule has 5 aromatic rings. The number of nitrogens with one attached hydrogen (secondary N) is 3. The molecular formula is C48H59N9O6S. The summed E-state index contributed by atoms with van der Waals surface area (Å²) in [6.45, 7) is 12.3. The molecule has 338 valence electrons. The van der Waals surface area contributed by atoms with Crippen LogP contribution in [0, 0.1) is 10.8 Å². The number of rotatable bonds is 17. The third-order valence-electron chi connectivity index (χ3n) is 11.0. The molecular weight excluding hydrogens is 831 g/mol. The molecule has 3 aromatic heterocycles. The van der Waals surface area contributed by atoms with Crippen molar-refractivity contribution in [2.45, 2.75) is 85.3 Å². The van der Waals surface area contributed by atoms with Crippen LogP contribution in [0.15, 0.2) is 109 Å². The van der Waals surface area contributed by atoms with Gasteiger partial charge in [0.25, 0.3) is 5.91 Å². The van der Waals surface area contributed by atoms with E-state index in [1.54, 1.807) is 33.4 Å². The van der Waals surface area contributed by atoms with Gasteiger partial charge in [-0.1, -0.05) is 102 Å². The maximum Gasteiger partial charge on any atom is 0.407 e. The number of ether oxygens (including phenoxy) is 1. The highest BCUT2D eigenvalue weighted by molar-refractivity contribution is 7.13. The lowest BCUT2D eigenvalue weighted by Gasteiger charge is -2.38. The summed E-state index contributed by atoms with van der Waals surface area (Å²) in [7, 11) is 1.23. The van der Waals surface area contributed by atoms with Gasteiger partial charge in [-0.3, -0.25) is 25.0 Å². The summed E-state index contributed by atoms with van der Waals surface area (Å²) in [4.78, 5) is 72.0. The molecule has 4 N–H and O–H groups in total. The van der Waals surface area contributed by atoms with Gasteiger partial charge in [-0.2, -0.15) is 0 Å². The van der Waals surface area contributed by atoms with Crippen LogP contribution in [0.25, 0.3) is 21.8 Å². The minimum Gasteiger partial charge on any atom is -0.453 e. The number of amides is 5. The van der Waals surface area contributed by atoms with Crippen LogP contribution < -0.4 is 16.1 Å². The van der Waals surface area contributed by atoms with Gasteiger partial charge in [-0.25, -0.2) is 19.6 Å². The minimum atomic E-state index is -1.23. The molecule has 0 radical (unpaired) electrons. The molecule has 64 heavy (non-hydrogen) atoms. The Hall–Kier alpha value is -6.23. The topological polar surface area (TPSA) is 182 Å². The number of nitrogens with zero attached hydrogens (tertiary/aromatic N) is 6. The monoisotopic (exact) mass is 889 g/mol. The van der Waals surface area contributed by atoms with Gasteiger partial charge < -0.3 is 30.3 Å².